The monoisotopic (exact) mass is 282 g/mol. The highest BCUT2D eigenvalue weighted by Crippen LogP contribution is 2.29. The third kappa shape index (κ3) is 4.18. The molecule has 1 aromatic carbocycles. The van der Waals surface area contributed by atoms with Gasteiger partial charge in [-0.15, -0.1) is 0 Å². The molecule has 0 aromatic heterocycles. The number of aliphatic hydroxyl groups is 2. The number of hydrogen-bond donors (Lipinski definition) is 2. The van der Waals surface area contributed by atoms with E-state index in [1.54, 1.807) is 6.92 Å². The van der Waals surface area contributed by atoms with E-state index >= 15 is 0 Å². The summed E-state index contributed by atoms with van der Waals surface area (Å²) in [6.45, 7) is 1.74. The fourth-order valence-electron chi connectivity index (χ4n) is 2.86. The van der Waals surface area contributed by atoms with Crippen LogP contribution in [0.25, 0.3) is 0 Å². The molecule has 1 aliphatic carbocycles. The molecule has 0 bridgehead atoms. The first-order valence-electron chi connectivity index (χ1n) is 7.34. The molecule has 0 heterocycles. The molecule has 2 rings (SSSR count). The molecule has 0 radical (unpaired) electrons. The van der Waals surface area contributed by atoms with Crippen molar-refractivity contribution >= 4 is 0 Å². The van der Waals surface area contributed by atoms with Gasteiger partial charge in [0.25, 0.3) is 0 Å². The van der Waals surface area contributed by atoms with Crippen LogP contribution in [0.1, 0.15) is 50.7 Å². The summed E-state index contributed by atoms with van der Waals surface area (Å²) in [6.07, 6.45) is 4.31. The molecule has 4 heteroatoms. The van der Waals surface area contributed by atoms with E-state index in [9.17, 15) is 14.6 Å². The number of hydrogen-bond acceptors (Lipinski definition) is 3. The highest BCUT2D eigenvalue weighted by atomic mass is 19.1. The summed E-state index contributed by atoms with van der Waals surface area (Å²) in [6, 6.07) is 4.06. The smallest absolute Gasteiger partial charge is 0.128 e. The van der Waals surface area contributed by atoms with Crippen LogP contribution in [0.4, 0.5) is 4.39 Å². The molecule has 2 N–H and O–H groups in total. The number of rotatable bonds is 6. The van der Waals surface area contributed by atoms with Crippen molar-refractivity contribution in [3.63, 3.8) is 0 Å². The van der Waals surface area contributed by atoms with Crippen LogP contribution in [-0.4, -0.2) is 22.9 Å². The maximum atomic E-state index is 13.2. The molecule has 0 spiro atoms. The summed E-state index contributed by atoms with van der Waals surface area (Å²) in [5.41, 5.74) is 0.541. The molecule has 1 unspecified atom stereocenters. The lowest BCUT2D eigenvalue weighted by atomic mass is 10.0. The van der Waals surface area contributed by atoms with Crippen LogP contribution < -0.4 is 4.74 Å². The van der Waals surface area contributed by atoms with Gasteiger partial charge in [-0.1, -0.05) is 25.7 Å². The number of aliphatic hydroxyl groups excluding tert-OH is 2. The summed E-state index contributed by atoms with van der Waals surface area (Å²) in [5, 5.41) is 19.6. The zero-order valence-corrected chi connectivity index (χ0v) is 11.9. The molecule has 0 saturated heterocycles. The van der Waals surface area contributed by atoms with Crippen LogP contribution >= 0.6 is 0 Å². The van der Waals surface area contributed by atoms with Crippen molar-refractivity contribution in [1.82, 2.24) is 0 Å². The molecule has 3 nitrogen and oxygen atoms in total. The topological polar surface area (TPSA) is 49.7 Å². The van der Waals surface area contributed by atoms with E-state index in [-0.39, 0.29) is 6.61 Å². The Morgan fingerprint density at radius 3 is 2.65 bits per heavy atom. The number of ether oxygens (including phenoxy) is 1. The number of benzene rings is 1. The van der Waals surface area contributed by atoms with Crippen LogP contribution in [0.3, 0.4) is 0 Å². The molecule has 0 aliphatic heterocycles. The van der Waals surface area contributed by atoms with Crippen molar-refractivity contribution in [2.75, 3.05) is 6.61 Å². The third-order valence-corrected chi connectivity index (χ3v) is 3.94. The van der Waals surface area contributed by atoms with Crippen molar-refractivity contribution in [3.05, 3.63) is 29.6 Å². The zero-order valence-electron chi connectivity index (χ0n) is 11.9. The summed E-state index contributed by atoms with van der Waals surface area (Å²) in [7, 11) is 0. The first kappa shape index (κ1) is 15.3. The molecular formula is C16H23FO3. The average Bonchev–Trinajstić information content (AvgIpc) is 2.89. The predicted molar refractivity (Wildman–Crippen MR) is 75.1 cm³/mol. The van der Waals surface area contributed by atoms with E-state index in [0.717, 1.165) is 6.42 Å². The van der Waals surface area contributed by atoms with Crippen molar-refractivity contribution in [3.8, 4) is 5.75 Å². The van der Waals surface area contributed by atoms with Crippen molar-refractivity contribution < 1.29 is 19.3 Å². The quantitative estimate of drug-likeness (QED) is 0.842. The molecule has 2 atom stereocenters. The van der Waals surface area contributed by atoms with Gasteiger partial charge in [-0.25, -0.2) is 4.39 Å². The lowest BCUT2D eigenvalue weighted by molar-refractivity contribution is 0.0830. The summed E-state index contributed by atoms with van der Waals surface area (Å²) in [5.74, 6) is 0.484. The maximum absolute atomic E-state index is 13.2. The zero-order chi connectivity index (χ0) is 14.5. The molecule has 1 saturated carbocycles. The molecule has 20 heavy (non-hydrogen) atoms. The fraction of sp³-hybridized carbons (Fsp3) is 0.625. The van der Waals surface area contributed by atoms with E-state index in [4.69, 9.17) is 4.74 Å². The molecule has 112 valence electrons. The Kier molecular flexibility index (Phi) is 5.38. The van der Waals surface area contributed by atoms with Gasteiger partial charge in [0.2, 0.25) is 0 Å². The van der Waals surface area contributed by atoms with Gasteiger partial charge in [0.05, 0.1) is 12.2 Å². The molecule has 1 fully saturated rings. The minimum atomic E-state index is -0.724. The first-order valence-corrected chi connectivity index (χ1v) is 7.34. The van der Waals surface area contributed by atoms with Gasteiger partial charge in [-0.05, 0) is 31.4 Å². The molecule has 1 aliphatic rings. The van der Waals surface area contributed by atoms with E-state index in [0.29, 0.717) is 17.2 Å². The minimum absolute atomic E-state index is 0.139. The Balaban J connectivity index is 1.90. The summed E-state index contributed by atoms with van der Waals surface area (Å²) < 4.78 is 18.7. The highest BCUT2D eigenvalue weighted by molar-refractivity contribution is 5.35. The van der Waals surface area contributed by atoms with Crippen molar-refractivity contribution in [1.29, 1.82) is 0 Å². The van der Waals surface area contributed by atoms with Crippen LogP contribution in [0.15, 0.2) is 18.2 Å². The fourth-order valence-corrected chi connectivity index (χ4v) is 2.86. The second-order valence-electron chi connectivity index (χ2n) is 5.71. The Bertz CT molecular complexity index is 428. The Morgan fingerprint density at radius 2 is 2.00 bits per heavy atom. The van der Waals surface area contributed by atoms with E-state index in [1.165, 1.54) is 43.9 Å². The van der Waals surface area contributed by atoms with Gasteiger partial charge >= 0.3 is 0 Å². The van der Waals surface area contributed by atoms with Gasteiger partial charge < -0.3 is 14.9 Å². The Morgan fingerprint density at radius 1 is 1.30 bits per heavy atom. The van der Waals surface area contributed by atoms with Crippen LogP contribution in [0.2, 0.25) is 0 Å². The first-order chi connectivity index (χ1) is 9.56. The maximum Gasteiger partial charge on any atom is 0.128 e. The van der Waals surface area contributed by atoms with Gasteiger partial charge in [0.15, 0.2) is 0 Å². The lowest BCUT2D eigenvalue weighted by Gasteiger charge is -2.18. The SMILES string of the molecule is C[C@H](O)c1ccc(F)cc1OCC(O)CC1CCCC1. The van der Waals surface area contributed by atoms with Crippen molar-refractivity contribution in [2.24, 2.45) is 5.92 Å². The van der Waals surface area contributed by atoms with Crippen LogP contribution in [0.5, 0.6) is 5.75 Å². The van der Waals surface area contributed by atoms with Crippen molar-refractivity contribution in [2.45, 2.75) is 51.2 Å². The Hall–Kier alpha value is -1.13. The third-order valence-electron chi connectivity index (χ3n) is 3.94. The van der Waals surface area contributed by atoms with Gasteiger partial charge in [-0.2, -0.15) is 0 Å². The summed E-state index contributed by atoms with van der Waals surface area (Å²) in [4.78, 5) is 0. The van der Waals surface area contributed by atoms with E-state index in [1.807, 2.05) is 0 Å². The van der Waals surface area contributed by atoms with E-state index < -0.39 is 18.0 Å². The molecular weight excluding hydrogens is 259 g/mol. The highest BCUT2D eigenvalue weighted by Gasteiger charge is 2.20. The standard InChI is InChI=1S/C16H23FO3/c1-11(18)15-7-6-13(17)9-16(15)20-10-14(19)8-12-4-2-3-5-12/h6-7,9,11-12,14,18-19H,2-5,8,10H2,1H3/t11-,14?/m0/s1. The second-order valence-corrected chi connectivity index (χ2v) is 5.71. The van der Waals surface area contributed by atoms with E-state index in [2.05, 4.69) is 0 Å². The predicted octanol–water partition coefficient (Wildman–Crippen LogP) is 3.20. The number of halogens is 1. The largest absolute Gasteiger partial charge is 0.490 e. The average molecular weight is 282 g/mol. The minimum Gasteiger partial charge on any atom is -0.490 e. The molecule has 0 amide bonds. The van der Waals surface area contributed by atoms with Gasteiger partial charge in [-0.3, -0.25) is 0 Å². The Labute approximate surface area is 119 Å². The summed E-state index contributed by atoms with van der Waals surface area (Å²) >= 11 is 0. The lowest BCUT2D eigenvalue weighted by Crippen LogP contribution is -2.21. The second kappa shape index (κ2) is 7.04. The van der Waals surface area contributed by atoms with Crippen LogP contribution in [-0.2, 0) is 0 Å². The van der Waals surface area contributed by atoms with Gasteiger partial charge in [0, 0.05) is 11.6 Å². The normalized spacial score (nSPS) is 19.0. The van der Waals surface area contributed by atoms with Gasteiger partial charge in [0.1, 0.15) is 18.2 Å². The molecule has 1 aromatic rings. The van der Waals surface area contributed by atoms with Crippen LogP contribution in [0, 0.1) is 11.7 Å².